The Morgan fingerprint density at radius 2 is 1.62 bits per heavy atom. The Bertz CT molecular complexity index is 1060. The Balaban J connectivity index is 1.90. The van der Waals surface area contributed by atoms with Crippen LogP contribution in [0.15, 0.2) is 67.0 Å². The number of nitrogens with two attached hydrogens (primary N) is 1. The van der Waals surface area contributed by atoms with E-state index in [2.05, 4.69) is 17.1 Å². The van der Waals surface area contributed by atoms with Crippen molar-refractivity contribution in [3.63, 3.8) is 0 Å². The summed E-state index contributed by atoms with van der Waals surface area (Å²) in [4.78, 5) is 15.7. The Labute approximate surface area is 152 Å². The zero-order chi connectivity index (χ0) is 18.1. The van der Waals surface area contributed by atoms with Gasteiger partial charge < -0.3 is 10.6 Å². The van der Waals surface area contributed by atoms with E-state index >= 15 is 0 Å². The van der Waals surface area contributed by atoms with E-state index < -0.39 is 0 Å². The van der Waals surface area contributed by atoms with Gasteiger partial charge in [-0.1, -0.05) is 18.2 Å². The highest BCUT2D eigenvalue weighted by atomic mass is 15.2. The van der Waals surface area contributed by atoms with Crippen molar-refractivity contribution < 1.29 is 0 Å². The van der Waals surface area contributed by atoms with Gasteiger partial charge in [0.25, 0.3) is 0 Å². The first-order valence-corrected chi connectivity index (χ1v) is 8.37. The molecule has 5 nitrogen and oxygen atoms in total. The predicted octanol–water partition coefficient (Wildman–Crippen LogP) is 4.01. The number of benzene rings is 2. The summed E-state index contributed by atoms with van der Waals surface area (Å²) < 4.78 is 0. The largest absolute Gasteiger partial charge is 0.399 e. The second kappa shape index (κ2) is 6.44. The second-order valence-corrected chi connectivity index (χ2v) is 6.36. The van der Waals surface area contributed by atoms with Gasteiger partial charge in [-0.2, -0.15) is 0 Å². The van der Waals surface area contributed by atoms with Crippen molar-refractivity contribution in [2.45, 2.75) is 0 Å². The molecule has 0 radical (unpaired) electrons. The first-order valence-electron chi connectivity index (χ1n) is 8.37. The molecule has 0 amide bonds. The average Bonchev–Trinajstić information content (AvgIpc) is 2.68. The molecule has 2 aromatic carbocycles. The van der Waals surface area contributed by atoms with Crippen LogP contribution in [0.2, 0.25) is 0 Å². The summed E-state index contributed by atoms with van der Waals surface area (Å²) in [7, 11) is 3.98. The average molecular weight is 341 g/mol. The normalized spacial score (nSPS) is 10.8. The van der Waals surface area contributed by atoms with Crippen LogP contribution in [-0.4, -0.2) is 29.0 Å². The molecule has 0 bridgehead atoms. The van der Waals surface area contributed by atoms with Gasteiger partial charge in [0.1, 0.15) is 5.82 Å². The van der Waals surface area contributed by atoms with Crippen molar-refractivity contribution in [2.75, 3.05) is 24.7 Å². The molecule has 2 heterocycles. The van der Waals surface area contributed by atoms with Crippen LogP contribution in [-0.2, 0) is 0 Å². The number of nitrogens with zero attached hydrogens (tertiary/aromatic N) is 4. The first-order chi connectivity index (χ1) is 12.6. The van der Waals surface area contributed by atoms with Gasteiger partial charge in [-0.3, -0.25) is 4.98 Å². The highest BCUT2D eigenvalue weighted by molar-refractivity contribution is 5.94. The fraction of sp³-hybridized carbons (Fsp3) is 0.0952. The number of fused-ring (bicyclic) bond motifs is 1. The van der Waals surface area contributed by atoms with Crippen LogP contribution in [0.4, 0.5) is 11.5 Å². The maximum atomic E-state index is 5.80. The molecule has 5 heteroatoms. The smallest absolute Gasteiger partial charge is 0.163 e. The van der Waals surface area contributed by atoms with Crippen molar-refractivity contribution >= 4 is 22.4 Å². The molecular formula is C21H19N5. The van der Waals surface area contributed by atoms with Crippen LogP contribution in [0.3, 0.4) is 0 Å². The summed E-state index contributed by atoms with van der Waals surface area (Å²) in [6.45, 7) is 0. The van der Waals surface area contributed by atoms with E-state index in [-0.39, 0.29) is 0 Å². The van der Waals surface area contributed by atoms with E-state index in [4.69, 9.17) is 15.7 Å². The van der Waals surface area contributed by atoms with Crippen LogP contribution in [0.25, 0.3) is 33.4 Å². The molecule has 0 aliphatic carbocycles. The molecule has 4 aromatic rings. The van der Waals surface area contributed by atoms with Crippen molar-refractivity contribution in [3.8, 4) is 22.5 Å². The number of anilines is 2. The Morgan fingerprint density at radius 1 is 0.846 bits per heavy atom. The summed E-state index contributed by atoms with van der Waals surface area (Å²) in [5.41, 5.74) is 10.6. The third-order valence-electron chi connectivity index (χ3n) is 4.26. The number of nitrogen functional groups attached to an aromatic ring is 1. The summed E-state index contributed by atoms with van der Waals surface area (Å²) in [6.07, 6.45) is 3.53. The molecule has 2 aromatic heterocycles. The molecule has 0 aliphatic heterocycles. The molecule has 4 rings (SSSR count). The lowest BCUT2D eigenvalue weighted by Crippen LogP contribution is -2.12. The first kappa shape index (κ1) is 16.0. The van der Waals surface area contributed by atoms with Crippen LogP contribution in [0.1, 0.15) is 0 Å². The van der Waals surface area contributed by atoms with Gasteiger partial charge in [0.15, 0.2) is 5.82 Å². The third kappa shape index (κ3) is 2.95. The molecule has 0 spiro atoms. The standard InChI is InChI=1S/C21H19N5/c1-26(2)21-18-12-15(14-5-8-17(22)9-6-14)7-10-19(18)24-20(25-21)16-4-3-11-23-13-16/h3-13H,22H2,1-2H3. The number of hydrogen-bond donors (Lipinski definition) is 1. The van der Waals surface area contributed by atoms with E-state index in [1.807, 2.05) is 61.5 Å². The quantitative estimate of drug-likeness (QED) is 0.570. The van der Waals surface area contributed by atoms with Gasteiger partial charge in [0.05, 0.1) is 5.52 Å². The van der Waals surface area contributed by atoms with Crippen molar-refractivity contribution in [3.05, 3.63) is 67.0 Å². The SMILES string of the molecule is CN(C)c1nc(-c2cccnc2)nc2ccc(-c3ccc(N)cc3)cc12. The molecule has 26 heavy (non-hydrogen) atoms. The van der Waals surface area contributed by atoms with E-state index in [0.717, 1.165) is 39.1 Å². The maximum absolute atomic E-state index is 5.80. The molecule has 0 saturated carbocycles. The lowest BCUT2D eigenvalue weighted by Gasteiger charge is -2.16. The molecule has 0 saturated heterocycles. The minimum Gasteiger partial charge on any atom is -0.399 e. The lowest BCUT2D eigenvalue weighted by molar-refractivity contribution is 1.06. The van der Waals surface area contributed by atoms with Crippen LogP contribution in [0, 0.1) is 0 Å². The summed E-state index contributed by atoms with van der Waals surface area (Å²) in [5, 5.41) is 1.01. The number of rotatable bonds is 3. The number of aromatic nitrogens is 3. The van der Waals surface area contributed by atoms with Gasteiger partial charge in [0.2, 0.25) is 0 Å². The highest BCUT2D eigenvalue weighted by Crippen LogP contribution is 2.30. The van der Waals surface area contributed by atoms with Crippen LogP contribution in [0.5, 0.6) is 0 Å². The molecule has 0 fully saturated rings. The van der Waals surface area contributed by atoms with E-state index in [0.29, 0.717) is 5.82 Å². The van der Waals surface area contributed by atoms with Crippen LogP contribution >= 0.6 is 0 Å². The zero-order valence-electron chi connectivity index (χ0n) is 14.7. The van der Waals surface area contributed by atoms with E-state index in [1.54, 1.807) is 12.4 Å². The molecule has 128 valence electrons. The third-order valence-corrected chi connectivity index (χ3v) is 4.26. The minimum absolute atomic E-state index is 0.675. The predicted molar refractivity (Wildman–Crippen MR) is 107 cm³/mol. The molecule has 2 N–H and O–H groups in total. The number of pyridine rings is 1. The molecular weight excluding hydrogens is 322 g/mol. The van der Waals surface area contributed by atoms with Gasteiger partial charge in [0, 0.05) is 43.1 Å². The fourth-order valence-corrected chi connectivity index (χ4v) is 2.93. The van der Waals surface area contributed by atoms with Gasteiger partial charge >= 0.3 is 0 Å². The topological polar surface area (TPSA) is 67.9 Å². The van der Waals surface area contributed by atoms with Crippen molar-refractivity contribution in [1.82, 2.24) is 15.0 Å². The monoisotopic (exact) mass is 341 g/mol. The van der Waals surface area contributed by atoms with Gasteiger partial charge in [-0.15, -0.1) is 0 Å². The minimum atomic E-state index is 0.675. The summed E-state index contributed by atoms with van der Waals surface area (Å²) in [6, 6.07) is 18.0. The second-order valence-electron chi connectivity index (χ2n) is 6.36. The highest BCUT2D eigenvalue weighted by Gasteiger charge is 2.12. The fourth-order valence-electron chi connectivity index (χ4n) is 2.93. The molecule has 0 atom stereocenters. The molecule has 0 unspecified atom stereocenters. The van der Waals surface area contributed by atoms with Crippen molar-refractivity contribution in [2.24, 2.45) is 0 Å². The zero-order valence-corrected chi connectivity index (χ0v) is 14.7. The molecule has 0 aliphatic rings. The Morgan fingerprint density at radius 3 is 2.31 bits per heavy atom. The van der Waals surface area contributed by atoms with E-state index in [1.165, 1.54) is 0 Å². The number of hydrogen-bond acceptors (Lipinski definition) is 5. The van der Waals surface area contributed by atoms with Gasteiger partial charge in [-0.25, -0.2) is 9.97 Å². The lowest BCUT2D eigenvalue weighted by atomic mass is 10.0. The van der Waals surface area contributed by atoms with E-state index in [9.17, 15) is 0 Å². The summed E-state index contributed by atoms with van der Waals surface area (Å²) >= 11 is 0. The Hall–Kier alpha value is -3.47. The van der Waals surface area contributed by atoms with Gasteiger partial charge in [-0.05, 0) is 47.5 Å². The van der Waals surface area contributed by atoms with Crippen LogP contribution < -0.4 is 10.6 Å². The van der Waals surface area contributed by atoms with Crippen molar-refractivity contribution in [1.29, 1.82) is 0 Å². The summed E-state index contributed by atoms with van der Waals surface area (Å²) in [5.74, 6) is 1.56. The maximum Gasteiger partial charge on any atom is 0.163 e. The Kier molecular flexibility index (Phi) is 3.97.